The van der Waals surface area contributed by atoms with Crippen molar-refractivity contribution in [3.63, 3.8) is 0 Å². The molecule has 5 heteroatoms. The first-order valence-corrected chi connectivity index (χ1v) is 4.89. The Balaban J connectivity index is 3.32. The average molecular weight is 232 g/mol. The van der Waals surface area contributed by atoms with Crippen molar-refractivity contribution in [2.75, 3.05) is 14.1 Å². The lowest BCUT2D eigenvalue weighted by Gasteiger charge is -2.39. The van der Waals surface area contributed by atoms with E-state index in [4.69, 9.17) is 12.8 Å². The number of rotatable bonds is 2. The molecule has 5 nitrogen and oxygen atoms in total. The summed E-state index contributed by atoms with van der Waals surface area (Å²) >= 11 is 0. The van der Waals surface area contributed by atoms with Crippen LogP contribution in [-0.2, 0) is 9.59 Å². The lowest BCUT2D eigenvalue weighted by atomic mass is 9.77. The molecule has 0 aromatic heterocycles. The second-order valence-corrected chi connectivity index (χ2v) is 3.85. The van der Waals surface area contributed by atoms with E-state index < -0.39 is 23.3 Å². The third kappa shape index (κ3) is 1.66. The fourth-order valence-corrected chi connectivity index (χ4v) is 1.85. The molecule has 1 fully saturated rings. The minimum absolute atomic E-state index is 0.114. The maximum atomic E-state index is 12.1. The normalized spacial score (nSPS) is 18.9. The zero-order chi connectivity index (χ0) is 13.2. The van der Waals surface area contributed by atoms with Crippen LogP contribution in [0.5, 0.6) is 0 Å². The SMILES string of the molecule is C#CCC1(CC#C)C(=O)N(C)C(=O)N(C)C1=O. The second kappa shape index (κ2) is 4.31. The predicted molar refractivity (Wildman–Crippen MR) is 60.3 cm³/mol. The molecule has 0 radical (unpaired) electrons. The fourth-order valence-electron chi connectivity index (χ4n) is 1.85. The number of nitrogens with zero attached hydrogens (tertiary/aromatic N) is 2. The van der Waals surface area contributed by atoms with Crippen LogP contribution in [0, 0.1) is 30.1 Å². The Kier molecular flexibility index (Phi) is 3.24. The average Bonchev–Trinajstić information content (AvgIpc) is 2.32. The summed E-state index contributed by atoms with van der Waals surface area (Å²) in [5.74, 6) is 3.28. The molecule has 1 aliphatic rings. The lowest BCUT2D eigenvalue weighted by molar-refractivity contribution is -0.156. The van der Waals surface area contributed by atoms with Gasteiger partial charge in [-0.05, 0) is 0 Å². The molecular formula is C12H12N2O3. The first-order valence-electron chi connectivity index (χ1n) is 4.89. The Hall–Kier alpha value is -2.27. The summed E-state index contributed by atoms with van der Waals surface area (Å²) in [4.78, 5) is 37.4. The van der Waals surface area contributed by atoms with E-state index in [9.17, 15) is 14.4 Å². The van der Waals surface area contributed by atoms with Crippen molar-refractivity contribution >= 4 is 17.8 Å². The molecule has 1 saturated heterocycles. The Bertz CT molecular complexity index is 425. The van der Waals surface area contributed by atoms with E-state index in [-0.39, 0.29) is 12.8 Å². The molecule has 0 N–H and O–H groups in total. The monoisotopic (exact) mass is 232 g/mol. The van der Waals surface area contributed by atoms with Crippen molar-refractivity contribution in [2.45, 2.75) is 12.8 Å². The van der Waals surface area contributed by atoms with Crippen LogP contribution in [0.1, 0.15) is 12.8 Å². The van der Waals surface area contributed by atoms with E-state index in [1.54, 1.807) is 0 Å². The number of urea groups is 1. The molecule has 88 valence electrons. The Morgan fingerprint density at radius 1 is 1.00 bits per heavy atom. The summed E-state index contributed by atoms with van der Waals surface area (Å²) in [5.41, 5.74) is -1.50. The summed E-state index contributed by atoms with van der Waals surface area (Å²) in [5, 5.41) is 0. The van der Waals surface area contributed by atoms with Crippen molar-refractivity contribution in [1.82, 2.24) is 9.80 Å². The van der Waals surface area contributed by atoms with Crippen molar-refractivity contribution < 1.29 is 14.4 Å². The van der Waals surface area contributed by atoms with Crippen LogP contribution in [0.2, 0.25) is 0 Å². The third-order valence-corrected chi connectivity index (χ3v) is 2.81. The van der Waals surface area contributed by atoms with Gasteiger partial charge in [-0.15, -0.1) is 24.7 Å². The lowest BCUT2D eigenvalue weighted by Crippen LogP contribution is -2.62. The highest BCUT2D eigenvalue weighted by Gasteiger charge is 2.54. The van der Waals surface area contributed by atoms with Gasteiger partial charge >= 0.3 is 6.03 Å². The highest BCUT2D eigenvalue weighted by molar-refractivity contribution is 6.19. The summed E-state index contributed by atoms with van der Waals surface area (Å²) in [7, 11) is 2.60. The van der Waals surface area contributed by atoms with Crippen LogP contribution in [-0.4, -0.2) is 41.7 Å². The minimum Gasteiger partial charge on any atom is -0.273 e. The van der Waals surface area contributed by atoms with Crippen LogP contribution in [0.15, 0.2) is 0 Å². The molecule has 0 bridgehead atoms. The predicted octanol–water partition coefficient (Wildman–Crippen LogP) is 0.0698. The molecular weight excluding hydrogens is 220 g/mol. The van der Waals surface area contributed by atoms with Gasteiger partial charge in [0, 0.05) is 26.9 Å². The van der Waals surface area contributed by atoms with Crippen molar-refractivity contribution in [2.24, 2.45) is 5.41 Å². The first-order chi connectivity index (χ1) is 7.92. The van der Waals surface area contributed by atoms with Gasteiger partial charge in [-0.25, -0.2) is 4.79 Å². The smallest absolute Gasteiger partial charge is 0.273 e. The van der Waals surface area contributed by atoms with E-state index in [0.29, 0.717) is 0 Å². The third-order valence-electron chi connectivity index (χ3n) is 2.81. The number of amides is 4. The maximum absolute atomic E-state index is 12.1. The van der Waals surface area contributed by atoms with Crippen LogP contribution >= 0.6 is 0 Å². The number of carbonyl (C=O) groups excluding carboxylic acids is 3. The number of carbonyl (C=O) groups is 3. The van der Waals surface area contributed by atoms with E-state index >= 15 is 0 Å². The van der Waals surface area contributed by atoms with Gasteiger partial charge in [0.1, 0.15) is 0 Å². The van der Waals surface area contributed by atoms with Gasteiger partial charge in [0.15, 0.2) is 5.41 Å². The van der Waals surface area contributed by atoms with Crippen LogP contribution in [0.3, 0.4) is 0 Å². The van der Waals surface area contributed by atoms with Crippen molar-refractivity contribution in [3.05, 3.63) is 0 Å². The number of hydrogen-bond donors (Lipinski definition) is 0. The molecule has 0 atom stereocenters. The van der Waals surface area contributed by atoms with Gasteiger partial charge in [-0.2, -0.15) is 0 Å². The first kappa shape index (κ1) is 12.8. The van der Waals surface area contributed by atoms with Gasteiger partial charge in [0.25, 0.3) is 0 Å². The molecule has 0 aromatic rings. The Morgan fingerprint density at radius 3 is 1.65 bits per heavy atom. The van der Waals surface area contributed by atoms with E-state index in [2.05, 4.69) is 11.8 Å². The van der Waals surface area contributed by atoms with Crippen molar-refractivity contribution in [3.8, 4) is 24.7 Å². The van der Waals surface area contributed by atoms with E-state index in [1.807, 2.05) is 0 Å². The summed E-state index contributed by atoms with van der Waals surface area (Å²) in [6, 6.07) is -0.676. The van der Waals surface area contributed by atoms with Crippen LogP contribution in [0.25, 0.3) is 0 Å². The van der Waals surface area contributed by atoms with Gasteiger partial charge in [-0.3, -0.25) is 19.4 Å². The molecule has 0 aromatic carbocycles. The number of imide groups is 2. The van der Waals surface area contributed by atoms with Gasteiger partial charge in [0.05, 0.1) is 0 Å². The Morgan fingerprint density at radius 2 is 1.35 bits per heavy atom. The molecule has 1 aliphatic heterocycles. The van der Waals surface area contributed by atoms with Gasteiger partial charge < -0.3 is 0 Å². The molecule has 0 saturated carbocycles. The molecule has 0 spiro atoms. The second-order valence-electron chi connectivity index (χ2n) is 3.85. The maximum Gasteiger partial charge on any atom is 0.332 e. The topological polar surface area (TPSA) is 57.7 Å². The number of terminal acetylenes is 2. The van der Waals surface area contributed by atoms with Crippen LogP contribution in [0.4, 0.5) is 4.79 Å². The van der Waals surface area contributed by atoms with Gasteiger partial charge in [-0.1, -0.05) is 0 Å². The molecule has 1 rings (SSSR count). The Labute approximate surface area is 99.8 Å². The van der Waals surface area contributed by atoms with E-state index in [1.165, 1.54) is 14.1 Å². The molecule has 0 aliphatic carbocycles. The standard InChI is InChI=1S/C12H12N2O3/c1-5-7-12(8-6-2)9(15)13(3)11(17)14(4)10(12)16/h1-2H,7-8H2,3-4H3. The van der Waals surface area contributed by atoms with Gasteiger partial charge in [0.2, 0.25) is 11.8 Å². The van der Waals surface area contributed by atoms with Crippen molar-refractivity contribution in [1.29, 1.82) is 0 Å². The number of hydrogen-bond acceptors (Lipinski definition) is 3. The molecule has 17 heavy (non-hydrogen) atoms. The van der Waals surface area contributed by atoms with Crippen LogP contribution < -0.4 is 0 Å². The zero-order valence-electron chi connectivity index (χ0n) is 9.69. The largest absolute Gasteiger partial charge is 0.332 e. The quantitative estimate of drug-likeness (QED) is 0.500. The molecule has 1 heterocycles. The summed E-state index contributed by atoms with van der Waals surface area (Å²) in [6.45, 7) is 0. The van der Waals surface area contributed by atoms with E-state index in [0.717, 1.165) is 9.80 Å². The number of barbiturate groups is 1. The summed E-state index contributed by atoms with van der Waals surface area (Å²) in [6.07, 6.45) is 10.1. The molecule has 4 amide bonds. The highest BCUT2D eigenvalue weighted by atomic mass is 16.2. The minimum atomic E-state index is -1.50. The fraction of sp³-hybridized carbons (Fsp3) is 0.417. The summed E-state index contributed by atoms with van der Waals surface area (Å²) < 4.78 is 0. The highest BCUT2D eigenvalue weighted by Crippen LogP contribution is 2.34. The molecule has 0 unspecified atom stereocenters. The zero-order valence-corrected chi connectivity index (χ0v) is 9.69.